The molecule has 156 valence electrons. The number of rotatable bonds is 6. The van der Waals surface area contributed by atoms with Gasteiger partial charge >= 0.3 is 0 Å². The van der Waals surface area contributed by atoms with E-state index in [2.05, 4.69) is 16.2 Å². The fraction of sp³-hybridized carbons (Fsp3) is 0.0833. The van der Waals surface area contributed by atoms with Crippen LogP contribution in [0.15, 0.2) is 85.1 Å². The Balaban J connectivity index is 1.27. The predicted molar refractivity (Wildman–Crippen MR) is 120 cm³/mol. The standard InChI is InChI=1S/C24H22N4O3/c1-28-15-21(20-9-5-6-10-22(20)28)24(30)27-26-23(29)16-31-19-13-11-18(12-14-19)25-17-7-3-2-4-8-17/h2-15,25H,16H2,1H3,(H,26,29)(H,27,30). The Morgan fingerprint density at radius 2 is 1.52 bits per heavy atom. The van der Waals surface area contributed by atoms with Crippen molar-refractivity contribution in [2.24, 2.45) is 7.05 Å². The van der Waals surface area contributed by atoms with Crippen molar-refractivity contribution in [2.45, 2.75) is 0 Å². The zero-order valence-corrected chi connectivity index (χ0v) is 17.0. The van der Waals surface area contributed by atoms with Gasteiger partial charge in [-0.15, -0.1) is 0 Å². The summed E-state index contributed by atoms with van der Waals surface area (Å²) in [6, 6.07) is 24.7. The highest BCUT2D eigenvalue weighted by molar-refractivity contribution is 6.07. The van der Waals surface area contributed by atoms with Crippen LogP contribution in [0.1, 0.15) is 10.4 Å². The van der Waals surface area contributed by atoms with Gasteiger partial charge in [0.2, 0.25) is 0 Å². The molecule has 7 nitrogen and oxygen atoms in total. The van der Waals surface area contributed by atoms with E-state index in [4.69, 9.17) is 4.74 Å². The quantitative estimate of drug-likeness (QED) is 0.420. The second-order valence-electron chi connectivity index (χ2n) is 6.98. The number of para-hydroxylation sites is 2. The van der Waals surface area contributed by atoms with Crippen LogP contribution in [-0.2, 0) is 11.8 Å². The second kappa shape index (κ2) is 9.04. The number of hydrogen-bond acceptors (Lipinski definition) is 4. The molecule has 31 heavy (non-hydrogen) atoms. The van der Waals surface area contributed by atoms with Crippen LogP contribution in [0.2, 0.25) is 0 Å². The molecule has 0 spiro atoms. The van der Waals surface area contributed by atoms with E-state index in [0.717, 1.165) is 22.3 Å². The predicted octanol–water partition coefficient (Wildman–Crippen LogP) is 3.76. The van der Waals surface area contributed by atoms with Gasteiger partial charge in [0.1, 0.15) is 5.75 Å². The van der Waals surface area contributed by atoms with Gasteiger partial charge in [-0.2, -0.15) is 0 Å². The molecule has 0 atom stereocenters. The SMILES string of the molecule is Cn1cc(C(=O)NNC(=O)COc2ccc(Nc3ccccc3)cc2)c2ccccc21. The molecule has 0 unspecified atom stereocenters. The molecule has 0 aliphatic rings. The number of amides is 2. The lowest BCUT2D eigenvalue weighted by atomic mass is 10.2. The molecule has 0 aliphatic heterocycles. The van der Waals surface area contributed by atoms with Gasteiger partial charge in [0.25, 0.3) is 11.8 Å². The fourth-order valence-corrected chi connectivity index (χ4v) is 3.22. The van der Waals surface area contributed by atoms with Crippen molar-refractivity contribution in [2.75, 3.05) is 11.9 Å². The monoisotopic (exact) mass is 414 g/mol. The molecule has 4 aromatic rings. The van der Waals surface area contributed by atoms with E-state index in [1.54, 1.807) is 18.3 Å². The minimum absolute atomic E-state index is 0.221. The maximum atomic E-state index is 12.5. The van der Waals surface area contributed by atoms with Crippen molar-refractivity contribution in [3.8, 4) is 5.75 Å². The molecule has 2 amide bonds. The number of benzene rings is 3. The van der Waals surface area contributed by atoms with E-state index >= 15 is 0 Å². The minimum Gasteiger partial charge on any atom is -0.484 e. The second-order valence-corrected chi connectivity index (χ2v) is 6.98. The summed E-state index contributed by atoms with van der Waals surface area (Å²) in [6.07, 6.45) is 1.73. The molecular formula is C24H22N4O3. The number of fused-ring (bicyclic) bond motifs is 1. The first-order chi connectivity index (χ1) is 15.1. The largest absolute Gasteiger partial charge is 0.484 e. The molecule has 4 rings (SSSR count). The molecule has 1 heterocycles. The summed E-state index contributed by atoms with van der Waals surface area (Å²) in [5.74, 6) is -0.296. The first-order valence-corrected chi connectivity index (χ1v) is 9.78. The summed E-state index contributed by atoms with van der Waals surface area (Å²) in [6.45, 7) is -0.221. The average Bonchev–Trinajstić information content (AvgIpc) is 3.14. The topological polar surface area (TPSA) is 84.4 Å². The highest BCUT2D eigenvalue weighted by Gasteiger charge is 2.14. The number of nitrogens with zero attached hydrogens (tertiary/aromatic N) is 1. The lowest BCUT2D eigenvalue weighted by molar-refractivity contribution is -0.123. The lowest BCUT2D eigenvalue weighted by Crippen LogP contribution is -2.43. The summed E-state index contributed by atoms with van der Waals surface area (Å²) in [5, 5.41) is 4.09. The van der Waals surface area contributed by atoms with E-state index in [1.165, 1.54) is 0 Å². The maximum absolute atomic E-state index is 12.5. The van der Waals surface area contributed by atoms with Crippen molar-refractivity contribution in [3.63, 3.8) is 0 Å². The zero-order valence-electron chi connectivity index (χ0n) is 17.0. The van der Waals surface area contributed by atoms with Crippen LogP contribution in [0.4, 0.5) is 11.4 Å². The molecule has 0 radical (unpaired) electrons. The van der Waals surface area contributed by atoms with Crippen LogP contribution in [0.5, 0.6) is 5.75 Å². The third-order valence-electron chi connectivity index (χ3n) is 4.74. The molecule has 0 saturated carbocycles. The summed E-state index contributed by atoms with van der Waals surface area (Å²) < 4.78 is 7.36. The van der Waals surface area contributed by atoms with Crippen molar-refractivity contribution in [1.29, 1.82) is 0 Å². The van der Waals surface area contributed by atoms with E-state index in [1.807, 2.05) is 78.3 Å². The van der Waals surface area contributed by atoms with Crippen LogP contribution in [0.25, 0.3) is 10.9 Å². The molecule has 3 N–H and O–H groups in total. The molecule has 0 bridgehead atoms. The van der Waals surface area contributed by atoms with Gasteiger partial charge < -0.3 is 14.6 Å². The van der Waals surface area contributed by atoms with E-state index in [0.29, 0.717) is 11.3 Å². The Hall–Kier alpha value is -4.26. The summed E-state index contributed by atoms with van der Waals surface area (Å²) in [5.41, 5.74) is 8.14. The average molecular weight is 414 g/mol. The first-order valence-electron chi connectivity index (χ1n) is 9.78. The Kier molecular flexibility index (Phi) is 5.84. The highest BCUT2D eigenvalue weighted by atomic mass is 16.5. The maximum Gasteiger partial charge on any atom is 0.276 e. The number of hydrazine groups is 1. The van der Waals surface area contributed by atoms with Crippen molar-refractivity contribution >= 4 is 34.1 Å². The number of carbonyl (C=O) groups excluding carboxylic acids is 2. The van der Waals surface area contributed by atoms with E-state index in [-0.39, 0.29) is 12.5 Å². The third-order valence-corrected chi connectivity index (χ3v) is 4.74. The van der Waals surface area contributed by atoms with Crippen LogP contribution in [-0.4, -0.2) is 23.0 Å². The third kappa shape index (κ3) is 4.84. The van der Waals surface area contributed by atoms with E-state index in [9.17, 15) is 9.59 Å². The highest BCUT2D eigenvalue weighted by Crippen LogP contribution is 2.21. The summed E-state index contributed by atoms with van der Waals surface area (Å²) in [7, 11) is 1.87. The van der Waals surface area contributed by atoms with Gasteiger partial charge in [0.05, 0.1) is 5.56 Å². The Morgan fingerprint density at radius 1 is 0.839 bits per heavy atom. The number of aromatic nitrogens is 1. The van der Waals surface area contributed by atoms with Gasteiger partial charge in [-0.3, -0.25) is 20.4 Å². The van der Waals surface area contributed by atoms with Gasteiger partial charge in [0, 0.05) is 35.5 Å². The molecule has 1 aromatic heterocycles. The van der Waals surface area contributed by atoms with Crippen molar-refractivity contribution in [1.82, 2.24) is 15.4 Å². The van der Waals surface area contributed by atoms with Gasteiger partial charge in [-0.1, -0.05) is 36.4 Å². The number of anilines is 2. The fourth-order valence-electron chi connectivity index (χ4n) is 3.22. The van der Waals surface area contributed by atoms with Crippen molar-refractivity contribution in [3.05, 3.63) is 90.6 Å². The number of hydrogen-bond donors (Lipinski definition) is 3. The Labute approximate surface area is 179 Å². The molecule has 7 heteroatoms. The Morgan fingerprint density at radius 3 is 2.29 bits per heavy atom. The van der Waals surface area contributed by atoms with Crippen molar-refractivity contribution < 1.29 is 14.3 Å². The van der Waals surface area contributed by atoms with Crippen LogP contribution < -0.4 is 20.9 Å². The van der Waals surface area contributed by atoms with Gasteiger partial charge in [0.15, 0.2) is 6.61 Å². The van der Waals surface area contributed by atoms with Crippen LogP contribution >= 0.6 is 0 Å². The number of carbonyl (C=O) groups is 2. The van der Waals surface area contributed by atoms with Crippen LogP contribution in [0, 0.1) is 0 Å². The lowest BCUT2D eigenvalue weighted by Gasteiger charge is -2.10. The number of aryl methyl sites for hydroxylation is 1. The van der Waals surface area contributed by atoms with Crippen LogP contribution in [0.3, 0.4) is 0 Å². The smallest absolute Gasteiger partial charge is 0.276 e. The van der Waals surface area contributed by atoms with Gasteiger partial charge in [-0.25, -0.2) is 0 Å². The van der Waals surface area contributed by atoms with Gasteiger partial charge in [-0.05, 0) is 42.5 Å². The summed E-state index contributed by atoms with van der Waals surface area (Å²) >= 11 is 0. The molecular weight excluding hydrogens is 392 g/mol. The molecule has 3 aromatic carbocycles. The number of ether oxygens (including phenoxy) is 1. The summed E-state index contributed by atoms with van der Waals surface area (Å²) in [4.78, 5) is 24.5. The zero-order chi connectivity index (χ0) is 21.6. The minimum atomic E-state index is -0.458. The number of nitrogens with one attached hydrogen (secondary N) is 3. The molecule has 0 saturated heterocycles. The van der Waals surface area contributed by atoms with E-state index < -0.39 is 5.91 Å². The molecule has 0 fully saturated rings. The first kappa shape index (κ1) is 20.0. The normalized spacial score (nSPS) is 10.5. The Bertz CT molecular complexity index is 1200. The molecule has 0 aliphatic carbocycles.